The standard InChI is InChI=1S/C19H28N4S.HI/c1-6-16-11-22-18(24-16)12-23-19(20-5)21-8-7-17-14(3)9-13(2)10-15(17)4;/h9-11H,6-8,12H2,1-5H3,(H2,20,21,23);1H. The highest BCUT2D eigenvalue weighted by atomic mass is 127. The van der Waals surface area contributed by atoms with Gasteiger partial charge in [-0.3, -0.25) is 4.99 Å². The molecule has 2 N–H and O–H groups in total. The van der Waals surface area contributed by atoms with Crippen molar-refractivity contribution in [2.75, 3.05) is 13.6 Å². The lowest BCUT2D eigenvalue weighted by Crippen LogP contribution is -2.37. The molecule has 0 radical (unpaired) electrons. The van der Waals surface area contributed by atoms with Crippen LogP contribution in [0.2, 0.25) is 0 Å². The summed E-state index contributed by atoms with van der Waals surface area (Å²) < 4.78 is 0. The zero-order valence-electron chi connectivity index (χ0n) is 15.8. The second-order valence-corrected chi connectivity index (χ2v) is 7.25. The van der Waals surface area contributed by atoms with Gasteiger partial charge in [0, 0.05) is 24.7 Å². The van der Waals surface area contributed by atoms with Gasteiger partial charge in [-0.1, -0.05) is 24.6 Å². The van der Waals surface area contributed by atoms with E-state index < -0.39 is 0 Å². The fraction of sp³-hybridized carbons (Fsp3) is 0.474. The highest BCUT2D eigenvalue weighted by molar-refractivity contribution is 14.0. The molecule has 138 valence electrons. The van der Waals surface area contributed by atoms with Crippen LogP contribution in [-0.2, 0) is 19.4 Å². The third-order valence-corrected chi connectivity index (χ3v) is 5.23. The van der Waals surface area contributed by atoms with Crippen LogP contribution in [0.5, 0.6) is 0 Å². The summed E-state index contributed by atoms with van der Waals surface area (Å²) in [5.74, 6) is 0.825. The Balaban J connectivity index is 0.00000312. The maximum absolute atomic E-state index is 4.43. The molecule has 0 bridgehead atoms. The molecule has 0 saturated heterocycles. The monoisotopic (exact) mass is 472 g/mol. The summed E-state index contributed by atoms with van der Waals surface area (Å²) in [4.78, 5) is 10.0. The smallest absolute Gasteiger partial charge is 0.191 e. The Morgan fingerprint density at radius 1 is 1.16 bits per heavy atom. The number of aryl methyl sites for hydroxylation is 4. The number of thiazole rings is 1. The van der Waals surface area contributed by atoms with E-state index in [2.05, 4.69) is 60.4 Å². The van der Waals surface area contributed by atoms with Crippen molar-refractivity contribution in [1.29, 1.82) is 0 Å². The van der Waals surface area contributed by atoms with E-state index in [4.69, 9.17) is 0 Å². The molecule has 1 aromatic carbocycles. The Bertz CT molecular complexity index is 686. The third kappa shape index (κ3) is 6.58. The van der Waals surface area contributed by atoms with Crippen LogP contribution in [0.25, 0.3) is 0 Å². The van der Waals surface area contributed by atoms with E-state index in [1.165, 1.54) is 27.1 Å². The van der Waals surface area contributed by atoms with Crippen molar-refractivity contribution < 1.29 is 0 Å². The predicted molar refractivity (Wildman–Crippen MR) is 119 cm³/mol. The lowest BCUT2D eigenvalue weighted by atomic mass is 9.97. The molecule has 1 heterocycles. The van der Waals surface area contributed by atoms with E-state index in [-0.39, 0.29) is 24.0 Å². The van der Waals surface area contributed by atoms with Crippen molar-refractivity contribution >= 4 is 41.3 Å². The fourth-order valence-corrected chi connectivity index (χ4v) is 3.69. The number of hydrogen-bond acceptors (Lipinski definition) is 3. The molecule has 0 aliphatic carbocycles. The molecule has 0 unspecified atom stereocenters. The molecule has 0 atom stereocenters. The average molecular weight is 472 g/mol. The zero-order valence-corrected chi connectivity index (χ0v) is 18.9. The van der Waals surface area contributed by atoms with Crippen molar-refractivity contribution in [2.45, 2.75) is 47.1 Å². The summed E-state index contributed by atoms with van der Waals surface area (Å²) in [6, 6.07) is 4.51. The van der Waals surface area contributed by atoms with Gasteiger partial charge in [-0.25, -0.2) is 4.98 Å². The van der Waals surface area contributed by atoms with Gasteiger partial charge in [0.1, 0.15) is 5.01 Å². The molecule has 4 nitrogen and oxygen atoms in total. The summed E-state index contributed by atoms with van der Waals surface area (Å²) >= 11 is 1.75. The molecule has 2 aromatic rings. The summed E-state index contributed by atoms with van der Waals surface area (Å²) in [5.41, 5.74) is 5.49. The van der Waals surface area contributed by atoms with Gasteiger partial charge in [-0.15, -0.1) is 35.3 Å². The van der Waals surface area contributed by atoms with Crippen molar-refractivity contribution in [2.24, 2.45) is 4.99 Å². The maximum atomic E-state index is 4.43. The predicted octanol–water partition coefficient (Wildman–Crippen LogP) is 4.16. The number of guanidine groups is 1. The first-order valence-corrected chi connectivity index (χ1v) is 9.30. The summed E-state index contributed by atoms with van der Waals surface area (Å²) in [7, 11) is 1.80. The summed E-state index contributed by atoms with van der Waals surface area (Å²) in [6.45, 7) is 10.3. The van der Waals surface area contributed by atoms with Gasteiger partial charge in [0.15, 0.2) is 5.96 Å². The second-order valence-electron chi connectivity index (χ2n) is 6.05. The van der Waals surface area contributed by atoms with Gasteiger partial charge in [0.05, 0.1) is 6.54 Å². The van der Waals surface area contributed by atoms with Crippen molar-refractivity contribution in [3.05, 3.63) is 50.5 Å². The first kappa shape index (κ1) is 21.9. The normalized spacial score (nSPS) is 11.2. The first-order valence-electron chi connectivity index (χ1n) is 8.48. The molecule has 0 amide bonds. The number of aromatic nitrogens is 1. The van der Waals surface area contributed by atoms with Crippen molar-refractivity contribution in [1.82, 2.24) is 15.6 Å². The molecule has 25 heavy (non-hydrogen) atoms. The van der Waals surface area contributed by atoms with Gasteiger partial charge in [0.25, 0.3) is 0 Å². The quantitative estimate of drug-likeness (QED) is 0.377. The molecule has 2 rings (SSSR count). The van der Waals surface area contributed by atoms with Crippen LogP contribution in [-0.4, -0.2) is 24.5 Å². The van der Waals surface area contributed by atoms with Crippen molar-refractivity contribution in [3.8, 4) is 0 Å². The number of benzene rings is 1. The Kier molecular flexibility index (Phi) is 9.42. The van der Waals surface area contributed by atoms with E-state index in [1.54, 1.807) is 18.4 Å². The Morgan fingerprint density at radius 3 is 2.40 bits per heavy atom. The average Bonchev–Trinajstić information content (AvgIpc) is 3.00. The maximum Gasteiger partial charge on any atom is 0.191 e. The number of aliphatic imine (C=N–C) groups is 1. The number of rotatable bonds is 6. The minimum absolute atomic E-state index is 0. The minimum Gasteiger partial charge on any atom is -0.356 e. The molecule has 0 spiro atoms. The lowest BCUT2D eigenvalue weighted by Gasteiger charge is -2.14. The molecule has 6 heteroatoms. The largest absolute Gasteiger partial charge is 0.356 e. The summed E-state index contributed by atoms with van der Waals surface area (Å²) in [5, 5.41) is 7.83. The SMILES string of the molecule is CCc1cnc(CNC(=NC)NCCc2c(C)cc(C)cc2C)s1.I. The van der Waals surface area contributed by atoms with Crippen LogP contribution in [0, 0.1) is 20.8 Å². The molecule has 1 aromatic heterocycles. The Hall–Kier alpha value is -1.15. The van der Waals surface area contributed by atoms with Gasteiger partial charge in [-0.05, 0) is 50.3 Å². The van der Waals surface area contributed by atoms with Crippen LogP contribution in [0.3, 0.4) is 0 Å². The molecular weight excluding hydrogens is 443 g/mol. The molecule has 0 saturated carbocycles. The van der Waals surface area contributed by atoms with Crippen LogP contribution < -0.4 is 10.6 Å². The molecular formula is C19H29IN4S. The lowest BCUT2D eigenvalue weighted by molar-refractivity contribution is 0.787. The highest BCUT2D eigenvalue weighted by Gasteiger charge is 2.05. The minimum atomic E-state index is 0. The molecule has 0 aliphatic heterocycles. The van der Waals surface area contributed by atoms with Crippen LogP contribution in [0.1, 0.15) is 39.1 Å². The van der Waals surface area contributed by atoms with Gasteiger partial charge < -0.3 is 10.6 Å². The number of halogens is 1. The van der Waals surface area contributed by atoms with E-state index in [1.807, 2.05) is 6.20 Å². The van der Waals surface area contributed by atoms with Gasteiger partial charge in [0.2, 0.25) is 0 Å². The van der Waals surface area contributed by atoms with Crippen LogP contribution in [0.4, 0.5) is 0 Å². The third-order valence-electron chi connectivity index (χ3n) is 4.09. The Morgan fingerprint density at radius 2 is 1.84 bits per heavy atom. The summed E-state index contributed by atoms with van der Waals surface area (Å²) in [6.07, 6.45) is 4.00. The van der Waals surface area contributed by atoms with E-state index in [9.17, 15) is 0 Å². The van der Waals surface area contributed by atoms with Crippen LogP contribution in [0.15, 0.2) is 23.3 Å². The molecule has 0 aliphatic rings. The molecule has 0 fully saturated rings. The van der Waals surface area contributed by atoms with Crippen LogP contribution >= 0.6 is 35.3 Å². The van der Waals surface area contributed by atoms with Gasteiger partial charge >= 0.3 is 0 Å². The first-order chi connectivity index (χ1) is 11.5. The zero-order chi connectivity index (χ0) is 17.5. The van der Waals surface area contributed by atoms with E-state index in [0.29, 0.717) is 6.54 Å². The van der Waals surface area contributed by atoms with E-state index in [0.717, 1.165) is 30.4 Å². The van der Waals surface area contributed by atoms with Crippen molar-refractivity contribution in [3.63, 3.8) is 0 Å². The number of nitrogens with zero attached hydrogens (tertiary/aromatic N) is 2. The highest BCUT2D eigenvalue weighted by Crippen LogP contribution is 2.16. The fourth-order valence-electron chi connectivity index (χ4n) is 2.88. The Labute approximate surface area is 172 Å². The topological polar surface area (TPSA) is 49.3 Å². The van der Waals surface area contributed by atoms with E-state index >= 15 is 0 Å². The number of nitrogens with one attached hydrogen (secondary N) is 2. The second kappa shape index (κ2) is 10.8. The number of hydrogen-bond donors (Lipinski definition) is 2. The van der Waals surface area contributed by atoms with Gasteiger partial charge in [-0.2, -0.15) is 0 Å².